The van der Waals surface area contributed by atoms with Gasteiger partial charge in [-0.2, -0.15) is 5.10 Å². The van der Waals surface area contributed by atoms with Gasteiger partial charge in [0, 0.05) is 31.9 Å². The fourth-order valence-electron chi connectivity index (χ4n) is 4.11. The SMILES string of the molecule is CCn1nc(C[C@@H](C)COC(=O)c2ccc(S(=O)(=O)C(C)C)cc2)c2c1C(=O)NCCCOCCC2. The summed E-state index contributed by atoms with van der Waals surface area (Å²) in [7, 11) is -3.40. The molecule has 198 valence electrons. The lowest BCUT2D eigenvalue weighted by molar-refractivity contribution is 0.0448. The van der Waals surface area contributed by atoms with Crippen LogP contribution in [0.15, 0.2) is 29.2 Å². The molecule has 1 aliphatic heterocycles. The monoisotopic (exact) mass is 519 g/mol. The molecular weight excluding hydrogens is 482 g/mol. The molecule has 3 rings (SSSR count). The van der Waals surface area contributed by atoms with Crippen molar-refractivity contribution in [1.82, 2.24) is 15.1 Å². The summed E-state index contributed by atoms with van der Waals surface area (Å²) >= 11 is 0. The Balaban J connectivity index is 1.67. The molecule has 2 aromatic rings. The van der Waals surface area contributed by atoms with E-state index in [0.717, 1.165) is 24.1 Å². The number of aromatic nitrogens is 2. The zero-order chi connectivity index (χ0) is 26.3. The van der Waals surface area contributed by atoms with E-state index in [1.807, 2.05) is 13.8 Å². The number of carbonyl (C=O) groups excluding carboxylic acids is 2. The molecule has 0 saturated carbocycles. The van der Waals surface area contributed by atoms with E-state index in [4.69, 9.17) is 14.6 Å². The van der Waals surface area contributed by atoms with Crippen molar-refractivity contribution >= 4 is 21.7 Å². The summed E-state index contributed by atoms with van der Waals surface area (Å²) in [6.45, 7) is 9.74. The van der Waals surface area contributed by atoms with Crippen LogP contribution in [0, 0.1) is 5.92 Å². The lowest BCUT2D eigenvalue weighted by atomic mass is 9.99. The molecule has 36 heavy (non-hydrogen) atoms. The van der Waals surface area contributed by atoms with Gasteiger partial charge in [0.2, 0.25) is 0 Å². The van der Waals surface area contributed by atoms with Crippen molar-refractivity contribution in [3.05, 3.63) is 46.8 Å². The smallest absolute Gasteiger partial charge is 0.338 e. The molecule has 0 aliphatic carbocycles. The number of hydrogen-bond acceptors (Lipinski definition) is 7. The fourth-order valence-corrected chi connectivity index (χ4v) is 5.17. The first-order chi connectivity index (χ1) is 17.1. The second-order valence-electron chi connectivity index (χ2n) is 9.44. The summed E-state index contributed by atoms with van der Waals surface area (Å²) in [5.41, 5.74) is 2.67. The maximum absolute atomic E-state index is 12.9. The normalized spacial score (nSPS) is 16.1. The molecule has 0 spiro atoms. The number of rotatable bonds is 8. The predicted octanol–water partition coefficient (Wildman–Crippen LogP) is 3.20. The zero-order valence-electron chi connectivity index (χ0n) is 21.6. The Bertz CT molecular complexity index is 1160. The average molecular weight is 520 g/mol. The van der Waals surface area contributed by atoms with Crippen LogP contribution in [0.4, 0.5) is 0 Å². The van der Waals surface area contributed by atoms with E-state index >= 15 is 0 Å². The van der Waals surface area contributed by atoms with E-state index in [0.29, 0.717) is 50.4 Å². The van der Waals surface area contributed by atoms with Crippen LogP contribution in [0.5, 0.6) is 0 Å². The highest BCUT2D eigenvalue weighted by Crippen LogP contribution is 2.22. The number of carbonyl (C=O) groups is 2. The van der Waals surface area contributed by atoms with Gasteiger partial charge in [0.15, 0.2) is 9.84 Å². The fraction of sp³-hybridized carbons (Fsp3) is 0.577. The van der Waals surface area contributed by atoms with Crippen molar-refractivity contribution in [3.63, 3.8) is 0 Å². The van der Waals surface area contributed by atoms with Gasteiger partial charge in [-0.25, -0.2) is 13.2 Å². The summed E-state index contributed by atoms with van der Waals surface area (Å²) in [5.74, 6) is -0.656. The molecule has 1 atom stereocenters. The summed E-state index contributed by atoms with van der Waals surface area (Å²) in [5, 5.41) is 7.15. The number of amides is 1. The lowest BCUT2D eigenvalue weighted by Gasteiger charge is -2.13. The minimum absolute atomic E-state index is 0.0312. The quantitative estimate of drug-likeness (QED) is 0.532. The van der Waals surface area contributed by atoms with Gasteiger partial charge in [0.25, 0.3) is 5.91 Å². The van der Waals surface area contributed by atoms with Gasteiger partial charge in [-0.15, -0.1) is 0 Å². The molecule has 1 N–H and O–H groups in total. The highest BCUT2D eigenvalue weighted by Gasteiger charge is 2.25. The van der Waals surface area contributed by atoms with Crippen molar-refractivity contribution in [3.8, 4) is 0 Å². The molecule has 1 aromatic carbocycles. The van der Waals surface area contributed by atoms with Gasteiger partial charge in [0.05, 0.1) is 28.0 Å². The molecule has 1 aliphatic rings. The zero-order valence-corrected chi connectivity index (χ0v) is 22.4. The number of hydrogen-bond donors (Lipinski definition) is 1. The maximum atomic E-state index is 12.9. The van der Waals surface area contributed by atoms with Crippen molar-refractivity contribution in [2.45, 2.75) is 70.1 Å². The second-order valence-corrected chi connectivity index (χ2v) is 11.9. The third-order valence-electron chi connectivity index (χ3n) is 6.19. The Morgan fingerprint density at radius 1 is 1.17 bits per heavy atom. The van der Waals surface area contributed by atoms with E-state index in [1.165, 1.54) is 24.3 Å². The Labute approximate surface area is 213 Å². The van der Waals surface area contributed by atoms with Crippen LogP contribution in [0.25, 0.3) is 0 Å². The van der Waals surface area contributed by atoms with Gasteiger partial charge in [0.1, 0.15) is 5.69 Å². The second kappa shape index (κ2) is 12.5. The van der Waals surface area contributed by atoms with Crippen LogP contribution in [-0.2, 0) is 38.7 Å². The first-order valence-electron chi connectivity index (χ1n) is 12.6. The van der Waals surface area contributed by atoms with Gasteiger partial charge >= 0.3 is 5.97 Å². The summed E-state index contributed by atoms with van der Waals surface area (Å²) in [4.78, 5) is 25.6. The van der Waals surface area contributed by atoms with Crippen LogP contribution in [0.2, 0.25) is 0 Å². The molecule has 0 fully saturated rings. The van der Waals surface area contributed by atoms with Crippen LogP contribution < -0.4 is 5.32 Å². The van der Waals surface area contributed by atoms with Crippen molar-refractivity contribution < 1.29 is 27.5 Å². The summed E-state index contributed by atoms with van der Waals surface area (Å²) in [6, 6.07) is 5.82. The van der Waals surface area contributed by atoms with E-state index in [1.54, 1.807) is 18.5 Å². The minimum Gasteiger partial charge on any atom is -0.462 e. The van der Waals surface area contributed by atoms with E-state index in [-0.39, 0.29) is 23.3 Å². The third kappa shape index (κ3) is 6.73. The molecule has 1 amide bonds. The molecule has 2 heterocycles. The van der Waals surface area contributed by atoms with Gasteiger partial charge < -0.3 is 14.8 Å². The Kier molecular flexibility index (Phi) is 9.67. The number of aryl methyl sites for hydroxylation is 1. The predicted molar refractivity (Wildman–Crippen MR) is 136 cm³/mol. The minimum atomic E-state index is -3.40. The Morgan fingerprint density at radius 3 is 2.53 bits per heavy atom. The summed E-state index contributed by atoms with van der Waals surface area (Å²) < 4.78 is 37.5. The lowest BCUT2D eigenvalue weighted by Crippen LogP contribution is -2.28. The Hall–Kier alpha value is -2.72. The average Bonchev–Trinajstić information content (AvgIpc) is 3.18. The molecular formula is C26H37N3O6S. The standard InChI is InChI=1S/C26H37N3O6S/c1-5-29-24-22(8-6-14-34-15-7-13-27-25(24)30)23(28-29)16-19(4)17-35-26(31)20-9-11-21(12-10-20)36(32,33)18(2)3/h9-12,18-19H,5-8,13-17H2,1-4H3,(H,27,30)/t19-/m1/s1. The van der Waals surface area contributed by atoms with Gasteiger partial charge in [-0.05, 0) is 76.6 Å². The molecule has 10 heteroatoms. The van der Waals surface area contributed by atoms with Crippen molar-refractivity contribution in [2.75, 3.05) is 26.4 Å². The van der Waals surface area contributed by atoms with Gasteiger partial charge in [-0.3, -0.25) is 9.48 Å². The number of nitrogens with zero attached hydrogens (tertiary/aromatic N) is 2. The van der Waals surface area contributed by atoms with Crippen LogP contribution >= 0.6 is 0 Å². The molecule has 0 saturated heterocycles. The maximum Gasteiger partial charge on any atom is 0.338 e. The van der Waals surface area contributed by atoms with E-state index in [2.05, 4.69) is 5.32 Å². The molecule has 0 bridgehead atoms. The Morgan fingerprint density at radius 2 is 1.86 bits per heavy atom. The molecule has 0 unspecified atom stereocenters. The molecule has 1 aromatic heterocycles. The van der Waals surface area contributed by atoms with Crippen LogP contribution in [0.3, 0.4) is 0 Å². The van der Waals surface area contributed by atoms with Crippen LogP contribution in [-0.4, -0.2) is 61.7 Å². The number of ether oxygens (including phenoxy) is 2. The number of benzene rings is 1. The first kappa shape index (κ1) is 27.9. The first-order valence-corrected chi connectivity index (χ1v) is 14.1. The van der Waals surface area contributed by atoms with Gasteiger partial charge in [-0.1, -0.05) is 6.92 Å². The largest absolute Gasteiger partial charge is 0.462 e. The third-order valence-corrected chi connectivity index (χ3v) is 8.37. The topological polar surface area (TPSA) is 117 Å². The van der Waals surface area contributed by atoms with E-state index < -0.39 is 21.1 Å². The molecule has 0 radical (unpaired) electrons. The van der Waals surface area contributed by atoms with Crippen molar-refractivity contribution in [1.29, 1.82) is 0 Å². The highest BCUT2D eigenvalue weighted by atomic mass is 32.2. The molecule has 9 nitrogen and oxygen atoms in total. The van der Waals surface area contributed by atoms with Crippen molar-refractivity contribution in [2.24, 2.45) is 5.92 Å². The summed E-state index contributed by atoms with van der Waals surface area (Å²) in [6.07, 6.45) is 2.82. The van der Waals surface area contributed by atoms with E-state index in [9.17, 15) is 18.0 Å². The number of sulfone groups is 1. The number of fused-ring (bicyclic) bond motifs is 1. The highest BCUT2D eigenvalue weighted by molar-refractivity contribution is 7.92. The van der Waals surface area contributed by atoms with Crippen LogP contribution in [0.1, 0.15) is 72.6 Å². The number of nitrogens with one attached hydrogen (secondary N) is 1. The number of esters is 1.